The molecule has 0 amide bonds. The van der Waals surface area contributed by atoms with Gasteiger partial charge in [0, 0.05) is 13.1 Å². The number of rotatable bonds is 4. The smallest absolute Gasteiger partial charge is 0.145 e. The highest BCUT2D eigenvalue weighted by atomic mass is 35.5. The molecular weight excluding hydrogens is 257 g/mol. The van der Waals surface area contributed by atoms with Crippen molar-refractivity contribution in [3.63, 3.8) is 0 Å². The molecule has 0 saturated heterocycles. The summed E-state index contributed by atoms with van der Waals surface area (Å²) < 4.78 is 18.5. The molecule has 1 aromatic carbocycles. The van der Waals surface area contributed by atoms with Crippen molar-refractivity contribution < 1.29 is 9.13 Å². The highest BCUT2D eigenvalue weighted by Gasteiger charge is 2.03. The van der Waals surface area contributed by atoms with E-state index >= 15 is 0 Å². The van der Waals surface area contributed by atoms with Crippen molar-refractivity contribution >= 4 is 17.4 Å². The van der Waals surface area contributed by atoms with Gasteiger partial charge in [-0.2, -0.15) is 0 Å². The van der Waals surface area contributed by atoms with Crippen LogP contribution in [0.1, 0.15) is 5.69 Å². The van der Waals surface area contributed by atoms with E-state index in [1.54, 1.807) is 25.5 Å². The maximum atomic E-state index is 13.2. The molecule has 2 rings (SSSR count). The zero-order chi connectivity index (χ0) is 13.0. The van der Waals surface area contributed by atoms with Gasteiger partial charge in [0.2, 0.25) is 0 Å². The van der Waals surface area contributed by atoms with Crippen molar-refractivity contribution in [2.45, 2.75) is 6.61 Å². The van der Waals surface area contributed by atoms with E-state index in [9.17, 15) is 4.39 Å². The van der Waals surface area contributed by atoms with E-state index in [4.69, 9.17) is 16.3 Å². The summed E-state index contributed by atoms with van der Waals surface area (Å²) in [6.07, 6.45) is 3.19. The zero-order valence-corrected chi connectivity index (χ0v) is 10.4. The van der Waals surface area contributed by atoms with Gasteiger partial charge in [-0.15, -0.1) is 0 Å². The molecule has 0 aliphatic heterocycles. The normalized spacial score (nSPS) is 10.2. The summed E-state index contributed by atoms with van der Waals surface area (Å²) in [6.45, 7) is 0.220. The van der Waals surface area contributed by atoms with Crippen LogP contribution >= 0.6 is 11.6 Å². The van der Waals surface area contributed by atoms with Crippen molar-refractivity contribution in [2.75, 3.05) is 12.4 Å². The van der Waals surface area contributed by atoms with Crippen LogP contribution in [0.4, 0.5) is 10.2 Å². The highest BCUT2D eigenvalue weighted by molar-refractivity contribution is 6.30. The molecule has 0 unspecified atom stereocenters. The Bertz CT molecular complexity index is 533. The number of anilines is 1. The lowest BCUT2D eigenvalue weighted by atomic mass is 10.3. The zero-order valence-electron chi connectivity index (χ0n) is 9.65. The van der Waals surface area contributed by atoms with Gasteiger partial charge in [0.1, 0.15) is 24.0 Å². The van der Waals surface area contributed by atoms with Gasteiger partial charge in [0.25, 0.3) is 0 Å². The van der Waals surface area contributed by atoms with Crippen LogP contribution < -0.4 is 10.1 Å². The number of halogens is 2. The fourth-order valence-electron chi connectivity index (χ4n) is 1.28. The highest BCUT2D eigenvalue weighted by Crippen LogP contribution is 2.20. The summed E-state index contributed by atoms with van der Waals surface area (Å²) >= 11 is 5.57. The first-order valence-electron chi connectivity index (χ1n) is 5.25. The largest absolute Gasteiger partial charge is 0.487 e. The first-order chi connectivity index (χ1) is 8.69. The molecule has 0 aliphatic carbocycles. The Hall–Kier alpha value is -1.88. The van der Waals surface area contributed by atoms with E-state index in [2.05, 4.69) is 15.3 Å². The second-order valence-corrected chi connectivity index (χ2v) is 3.91. The average molecular weight is 268 g/mol. The average Bonchev–Trinajstić information content (AvgIpc) is 2.41. The van der Waals surface area contributed by atoms with E-state index in [1.807, 2.05) is 0 Å². The standard InChI is InChI=1S/C12H11ClFN3O/c1-15-12-6-16-8(5-17-12)7-18-9-2-3-10(13)11(14)4-9/h2-6H,7H2,1H3,(H,15,17). The summed E-state index contributed by atoms with van der Waals surface area (Å²) in [5, 5.41) is 2.93. The molecule has 0 atom stereocenters. The Labute approximate surface area is 109 Å². The molecule has 18 heavy (non-hydrogen) atoms. The Kier molecular flexibility index (Phi) is 3.94. The molecule has 0 saturated carbocycles. The molecule has 4 nitrogen and oxygen atoms in total. The monoisotopic (exact) mass is 267 g/mol. The molecular formula is C12H11ClFN3O. The third-order valence-electron chi connectivity index (χ3n) is 2.24. The number of hydrogen-bond donors (Lipinski definition) is 1. The van der Waals surface area contributed by atoms with Crippen molar-refractivity contribution in [3.8, 4) is 5.75 Å². The number of aromatic nitrogens is 2. The van der Waals surface area contributed by atoms with Gasteiger partial charge in [-0.1, -0.05) is 11.6 Å². The lowest BCUT2D eigenvalue weighted by molar-refractivity contribution is 0.299. The number of nitrogens with zero attached hydrogens (tertiary/aromatic N) is 2. The van der Waals surface area contributed by atoms with Gasteiger partial charge in [0.15, 0.2) is 0 Å². The van der Waals surface area contributed by atoms with Crippen LogP contribution in [0.3, 0.4) is 0 Å². The third-order valence-corrected chi connectivity index (χ3v) is 2.55. The number of benzene rings is 1. The van der Waals surface area contributed by atoms with Crippen LogP contribution in [0.2, 0.25) is 5.02 Å². The summed E-state index contributed by atoms with van der Waals surface area (Å²) in [6, 6.07) is 4.28. The first-order valence-corrected chi connectivity index (χ1v) is 5.63. The Balaban J connectivity index is 1.99. The SMILES string of the molecule is CNc1cnc(COc2ccc(Cl)c(F)c2)cn1. The second kappa shape index (κ2) is 5.64. The van der Waals surface area contributed by atoms with Crippen LogP contribution in [0, 0.1) is 5.82 Å². The minimum absolute atomic E-state index is 0.0699. The summed E-state index contributed by atoms with van der Waals surface area (Å²) in [5.41, 5.74) is 0.657. The van der Waals surface area contributed by atoms with E-state index in [1.165, 1.54) is 12.1 Å². The van der Waals surface area contributed by atoms with Gasteiger partial charge in [0.05, 0.1) is 23.1 Å². The van der Waals surface area contributed by atoms with Crippen LogP contribution in [-0.4, -0.2) is 17.0 Å². The van der Waals surface area contributed by atoms with Gasteiger partial charge in [-0.25, -0.2) is 9.37 Å². The van der Waals surface area contributed by atoms with E-state index < -0.39 is 5.82 Å². The van der Waals surface area contributed by atoms with E-state index in [-0.39, 0.29) is 11.6 Å². The van der Waals surface area contributed by atoms with Gasteiger partial charge in [-0.3, -0.25) is 4.98 Å². The van der Waals surface area contributed by atoms with Crippen molar-refractivity contribution in [1.29, 1.82) is 0 Å². The Morgan fingerprint density at radius 1 is 1.33 bits per heavy atom. The second-order valence-electron chi connectivity index (χ2n) is 3.51. The van der Waals surface area contributed by atoms with Gasteiger partial charge < -0.3 is 10.1 Å². The van der Waals surface area contributed by atoms with E-state index in [0.29, 0.717) is 17.3 Å². The van der Waals surface area contributed by atoms with Crippen molar-refractivity contribution in [3.05, 3.63) is 47.1 Å². The lowest BCUT2D eigenvalue weighted by Gasteiger charge is -2.06. The van der Waals surface area contributed by atoms with Gasteiger partial charge in [-0.05, 0) is 12.1 Å². The molecule has 0 aliphatic rings. The summed E-state index contributed by atoms with van der Waals surface area (Å²) in [7, 11) is 1.76. The molecule has 1 aromatic heterocycles. The number of nitrogens with one attached hydrogen (secondary N) is 1. The maximum Gasteiger partial charge on any atom is 0.145 e. The quantitative estimate of drug-likeness (QED) is 0.925. The van der Waals surface area contributed by atoms with Crippen molar-refractivity contribution in [2.24, 2.45) is 0 Å². The molecule has 0 radical (unpaired) electrons. The Morgan fingerprint density at radius 3 is 2.78 bits per heavy atom. The molecule has 6 heteroatoms. The number of hydrogen-bond acceptors (Lipinski definition) is 4. The molecule has 1 N–H and O–H groups in total. The molecule has 0 spiro atoms. The predicted octanol–water partition coefficient (Wildman–Crippen LogP) is 2.89. The van der Waals surface area contributed by atoms with Crippen LogP contribution in [0.5, 0.6) is 5.75 Å². The molecule has 0 bridgehead atoms. The topological polar surface area (TPSA) is 47.0 Å². The summed E-state index contributed by atoms with van der Waals surface area (Å²) in [5.74, 6) is 0.568. The lowest BCUT2D eigenvalue weighted by Crippen LogP contribution is -2.01. The van der Waals surface area contributed by atoms with Gasteiger partial charge >= 0.3 is 0 Å². The predicted molar refractivity (Wildman–Crippen MR) is 67.3 cm³/mol. The minimum atomic E-state index is -0.509. The first kappa shape index (κ1) is 12.6. The minimum Gasteiger partial charge on any atom is -0.487 e. The molecule has 1 heterocycles. The third kappa shape index (κ3) is 3.07. The fourth-order valence-corrected chi connectivity index (χ4v) is 1.40. The molecule has 2 aromatic rings. The maximum absolute atomic E-state index is 13.2. The van der Waals surface area contributed by atoms with Crippen LogP contribution in [0.15, 0.2) is 30.6 Å². The summed E-state index contributed by atoms with van der Waals surface area (Å²) in [4.78, 5) is 8.23. The number of ether oxygens (including phenoxy) is 1. The van der Waals surface area contributed by atoms with Crippen molar-refractivity contribution in [1.82, 2.24) is 9.97 Å². The molecule has 94 valence electrons. The van der Waals surface area contributed by atoms with E-state index in [0.717, 1.165) is 0 Å². The van der Waals surface area contributed by atoms with Crippen LogP contribution in [-0.2, 0) is 6.61 Å². The Morgan fingerprint density at radius 2 is 2.17 bits per heavy atom. The fraction of sp³-hybridized carbons (Fsp3) is 0.167. The molecule has 0 fully saturated rings. The van der Waals surface area contributed by atoms with Crippen LogP contribution in [0.25, 0.3) is 0 Å².